The van der Waals surface area contributed by atoms with Crippen molar-refractivity contribution in [3.05, 3.63) is 36.9 Å². The molecule has 0 amide bonds. The lowest BCUT2D eigenvalue weighted by molar-refractivity contribution is 0.110. The van der Waals surface area contributed by atoms with Crippen LogP contribution in [0.5, 0.6) is 11.5 Å². The molecule has 0 saturated heterocycles. The Kier molecular flexibility index (Phi) is 4.71. The van der Waals surface area contributed by atoms with Crippen LogP contribution in [-0.2, 0) is 0 Å². The van der Waals surface area contributed by atoms with Crippen molar-refractivity contribution in [2.75, 3.05) is 13.7 Å². The SMILES string of the molecule is C=CC[C@H](O)COc1ccc(OC)cc1. The topological polar surface area (TPSA) is 38.7 Å². The zero-order valence-electron chi connectivity index (χ0n) is 8.85. The molecular formula is C12H16O3. The minimum Gasteiger partial charge on any atom is -0.497 e. The number of aliphatic hydroxyl groups excluding tert-OH is 1. The molecule has 0 aliphatic heterocycles. The number of rotatable bonds is 6. The third-order valence-corrected chi connectivity index (χ3v) is 1.94. The lowest BCUT2D eigenvalue weighted by Gasteiger charge is -2.10. The zero-order valence-corrected chi connectivity index (χ0v) is 8.85. The average Bonchev–Trinajstić information content (AvgIpc) is 2.27. The predicted octanol–water partition coefficient (Wildman–Crippen LogP) is 2.01. The van der Waals surface area contributed by atoms with E-state index < -0.39 is 6.10 Å². The van der Waals surface area contributed by atoms with Gasteiger partial charge in [-0.3, -0.25) is 0 Å². The Morgan fingerprint density at radius 2 is 1.93 bits per heavy atom. The monoisotopic (exact) mass is 208 g/mol. The average molecular weight is 208 g/mol. The Labute approximate surface area is 90.0 Å². The number of hydrogen-bond acceptors (Lipinski definition) is 3. The van der Waals surface area contributed by atoms with Gasteiger partial charge in [0.15, 0.2) is 0 Å². The molecule has 1 N–H and O–H groups in total. The summed E-state index contributed by atoms with van der Waals surface area (Å²) in [4.78, 5) is 0. The van der Waals surface area contributed by atoms with E-state index in [-0.39, 0.29) is 6.61 Å². The van der Waals surface area contributed by atoms with Crippen LogP contribution in [0, 0.1) is 0 Å². The summed E-state index contributed by atoms with van der Waals surface area (Å²) in [5, 5.41) is 9.39. The first kappa shape index (κ1) is 11.6. The molecule has 1 aromatic carbocycles. The third-order valence-electron chi connectivity index (χ3n) is 1.94. The normalized spacial score (nSPS) is 11.9. The van der Waals surface area contributed by atoms with Gasteiger partial charge in [0.2, 0.25) is 0 Å². The second kappa shape index (κ2) is 6.09. The molecular weight excluding hydrogens is 192 g/mol. The van der Waals surface area contributed by atoms with Crippen LogP contribution in [0.4, 0.5) is 0 Å². The highest BCUT2D eigenvalue weighted by Gasteiger charge is 2.02. The summed E-state index contributed by atoms with van der Waals surface area (Å²) < 4.78 is 10.4. The molecule has 1 rings (SSSR count). The molecule has 1 aromatic rings. The van der Waals surface area contributed by atoms with Crippen LogP contribution in [0.15, 0.2) is 36.9 Å². The highest BCUT2D eigenvalue weighted by molar-refractivity contribution is 5.31. The quantitative estimate of drug-likeness (QED) is 0.727. The van der Waals surface area contributed by atoms with Gasteiger partial charge in [-0.05, 0) is 30.7 Å². The molecule has 0 aliphatic carbocycles. The number of benzene rings is 1. The Hall–Kier alpha value is -1.48. The molecule has 0 unspecified atom stereocenters. The van der Waals surface area contributed by atoms with Gasteiger partial charge in [0, 0.05) is 0 Å². The Balaban J connectivity index is 2.40. The van der Waals surface area contributed by atoms with Gasteiger partial charge in [-0.1, -0.05) is 6.08 Å². The first-order valence-electron chi connectivity index (χ1n) is 4.82. The van der Waals surface area contributed by atoms with Crippen molar-refractivity contribution >= 4 is 0 Å². The van der Waals surface area contributed by atoms with Gasteiger partial charge in [-0.2, -0.15) is 0 Å². The molecule has 3 nitrogen and oxygen atoms in total. The lowest BCUT2D eigenvalue weighted by Crippen LogP contribution is -2.16. The van der Waals surface area contributed by atoms with E-state index in [9.17, 15) is 5.11 Å². The molecule has 15 heavy (non-hydrogen) atoms. The molecule has 0 radical (unpaired) electrons. The maximum atomic E-state index is 9.39. The van der Waals surface area contributed by atoms with E-state index in [1.54, 1.807) is 25.3 Å². The van der Waals surface area contributed by atoms with Crippen LogP contribution >= 0.6 is 0 Å². The molecule has 0 fully saturated rings. The van der Waals surface area contributed by atoms with Gasteiger partial charge in [0.25, 0.3) is 0 Å². The van der Waals surface area contributed by atoms with E-state index in [4.69, 9.17) is 9.47 Å². The largest absolute Gasteiger partial charge is 0.497 e. The fourth-order valence-corrected chi connectivity index (χ4v) is 1.12. The Bertz CT molecular complexity index is 292. The zero-order chi connectivity index (χ0) is 11.1. The fourth-order valence-electron chi connectivity index (χ4n) is 1.12. The van der Waals surface area contributed by atoms with Gasteiger partial charge in [0.1, 0.15) is 18.1 Å². The summed E-state index contributed by atoms with van der Waals surface area (Å²) in [5.41, 5.74) is 0. The Morgan fingerprint density at radius 3 is 2.47 bits per heavy atom. The van der Waals surface area contributed by atoms with Crippen LogP contribution in [0.2, 0.25) is 0 Å². The van der Waals surface area contributed by atoms with Gasteiger partial charge < -0.3 is 14.6 Å². The summed E-state index contributed by atoms with van der Waals surface area (Å²) in [5.74, 6) is 1.51. The second-order valence-corrected chi connectivity index (χ2v) is 3.16. The second-order valence-electron chi connectivity index (χ2n) is 3.16. The highest BCUT2D eigenvalue weighted by atomic mass is 16.5. The van der Waals surface area contributed by atoms with Crippen molar-refractivity contribution in [2.45, 2.75) is 12.5 Å². The highest BCUT2D eigenvalue weighted by Crippen LogP contribution is 2.17. The lowest BCUT2D eigenvalue weighted by atomic mass is 10.2. The first-order chi connectivity index (χ1) is 7.26. The molecule has 0 spiro atoms. The molecule has 1 atom stereocenters. The van der Waals surface area contributed by atoms with E-state index in [0.29, 0.717) is 6.42 Å². The molecule has 0 heterocycles. The van der Waals surface area contributed by atoms with Crippen molar-refractivity contribution < 1.29 is 14.6 Å². The maximum absolute atomic E-state index is 9.39. The summed E-state index contributed by atoms with van der Waals surface area (Å²) in [7, 11) is 1.61. The van der Waals surface area contributed by atoms with Crippen LogP contribution in [0.3, 0.4) is 0 Å². The van der Waals surface area contributed by atoms with Crippen molar-refractivity contribution in [2.24, 2.45) is 0 Å². The van der Waals surface area contributed by atoms with Gasteiger partial charge in [-0.25, -0.2) is 0 Å². The van der Waals surface area contributed by atoms with Crippen molar-refractivity contribution in [1.29, 1.82) is 0 Å². The predicted molar refractivity (Wildman–Crippen MR) is 59.3 cm³/mol. The summed E-state index contributed by atoms with van der Waals surface area (Å²) >= 11 is 0. The summed E-state index contributed by atoms with van der Waals surface area (Å²) in [6.07, 6.45) is 1.71. The van der Waals surface area contributed by atoms with E-state index in [1.807, 2.05) is 12.1 Å². The molecule has 82 valence electrons. The fraction of sp³-hybridized carbons (Fsp3) is 0.333. The van der Waals surface area contributed by atoms with E-state index in [2.05, 4.69) is 6.58 Å². The molecule has 0 aliphatic rings. The smallest absolute Gasteiger partial charge is 0.119 e. The molecule has 0 aromatic heterocycles. The van der Waals surface area contributed by atoms with E-state index in [1.165, 1.54) is 0 Å². The van der Waals surface area contributed by atoms with E-state index >= 15 is 0 Å². The van der Waals surface area contributed by atoms with Crippen LogP contribution in [0.25, 0.3) is 0 Å². The maximum Gasteiger partial charge on any atom is 0.119 e. The number of hydrogen-bond donors (Lipinski definition) is 1. The van der Waals surface area contributed by atoms with Crippen molar-refractivity contribution in [3.8, 4) is 11.5 Å². The third kappa shape index (κ3) is 4.04. The van der Waals surface area contributed by atoms with Crippen LogP contribution in [0.1, 0.15) is 6.42 Å². The molecule has 0 bridgehead atoms. The van der Waals surface area contributed by atoms with Crippen molar-refractivity contribution in [3.63, 3.8) is 0 Å². The van der Waals surface area contributed by atoms with E-state index in [0.717, 1.165) is 11.5 Å². The first-order valence-corrected chi connectivity index (χ1v) is 4.82. The standard InChI is InChI=1S/C12H16O3/c1-3-4-10(13)9-15-12-7-5-11(14-2)6-8-12/h3,5-8,10,13H,1,4,9H2,2H3/t10-/m0/s1. The number of aliphatic hydroxyl groups is 1. The van der Waals surface area contributed by atoms with Gasteiger partial charge >= 0.3 is 0 Å². The van der Waals surface area contributed by atoms with Gasteiger partial charge in [-0.15, -0.1) is 6.58 Å². The molecule has 0 saturated carbocycles. The minimum atomic E-state index is -0.496. The van der Waals surface area contributed by atoms with Crippen molar-refractivity contribution in [1.82, 2.24) is 0 Å². The number of methoxy groups -OCH3 is 1. The van der Waals surface area contributed by atoms with Crippen LogP contribution in [-0.4, -0.2) is 24.9 Å². The minimum absolute atomic E-state index is 0.276. The van der Waals surface area contributed by atoms with Gasteiger partial charge in [0.05, 0.1) is 13.2 Å². The summed E-state index contributed by atoms with van der Waals surface area (Å²) in [6, 6.07) is 7.24. The summed E-state index contributed by atoms with van der Waals surface area (Å²) in [6.45, 7) is 3.82. The van der Waals surface area contributed by atoms with Crippen LogP contribution < -0.4 is 9.47 Å². The molecule has 3 heteroatoms. The number of ether oxygens (including phenoxy) is 2. The Morgan fingerprint density at radius 1 is 1.33 bits per heavy atom.